The van der Waals surface area contributed by atoms with Crippen molar-refractivity contribution in [2.45, 2.75) is 70.8 Å². The van der Waals surface area contributed by atoms with Gasteiger partial charge in [-0.3, -0.25) is 4.79 Å². The van der Waals surface area contributed by atoms with E-state index in [1.165, 1.54) is 44.9 Å². The number of rotatable bonds is 13. The molecule has 1 aromatic rings. The van der Waals surface area contributed by atoms with Crippen molar-refractivity contribution in [3.8, 4) is 5.75 Å². The molecule has 0 aliphatic heterocycles. The van der Waals surface area contributed by atoms with E-state index >= 15 is 0 Å². The summed E-state index contributed by atoms with van der Waals surface area (Å²) in [6.45, 7) is 3.00. The summed E-state index contributed by atoms with van der Waals surface area (Å²) in [5.74, 6) is 0.468. The molecule has 4 heteroatoms. The molecule has 1 unspecified atom stereocenters. The topological polar surface area (TPSA) is 78.3 Å². The van der Waals surface area contributed by atoms with Crippen LogP contribution in [0.1, 0.15) is 76.3 Å². The van der Waals surface area contributed by atoms with Gasteiger partial charge in [0.05, 0.1) is 6.61 Å². The lowest BCUT2D eigenvalue weighted by atomic mass is 10.0. The molecule has 130 valence electrons. The zero-order chi connectivity index (χ0) is 16.9. The zero-order valence-corrected chi connectivity index (χ0v) is 14.4. The quantitative estimate of drug-likeness (QED) is 0.537. The van der Waals surface area contributed by atoms with E-state index in [-0.39, 0.29) is 18.4 Å². The minimum atomic E-state index is -0.382. The van der Waals surface area contributed by atoms with Crippen LogP contribution in [0, 0.1) is 0 Å². The van der Waals surface area contributed by atoms with Crippen molar-refractivity contribution in [2.75, 3.05) is 6.61 Å². The summed E-state index contributed by atoms with van der Waals surface area (Å²) in [7, 11) is 0. The predicted molar refractivity (Wildman–Crippen MR) is 95.3 cm³/mol. The second-order valence-corrected chi connectivity index (χ2v) is 6.17. The first-order valence-electron chi connectivity index (χ1n) is 8.90. The van der Waals surface area contributed by atoms with E-state index in [1.807, 2.05) is 24.3 Å². The maximum absolute atomic E-state index is 10.9. The van der Waals surface area contributed by atoms with Crippen LogP contribution in [0.2, 0.25) is 0 Å². The summed E-state index contributed by atoms with van der Waals surface area (Å²) >= 11 is 0. The van der Waals surface area contributed by atoms with Gasteiger partial charge in [-0.2, -0.15) is 0 Å². The van der Waals surface area contributed by atoms with Gasteiger partial charge < -0.3 is 16.2 Å². The van der Waals surface area contributed by atoms with Crippen molar-refractivity contribution in [3.63, 3.8) is 0 Å². The number of hydrogen-bond donors (Lipinski definition) is 2. The Bertz CT molecular complexity index is 432. The van der Waals surface area contributed by atoms with Crippen LogP contribution in [0.15, 0.2) is 24.3 Å². The van der Waals surface area contributed by atoms with Crippen LogP contribution in [0.5, 0.6) is 5.75 Å². The third-order valence-corrected chi connectivity index (χ3v) is 4.00. The van der Waals surface area contributed by atoms with Crippen molar-refractivity contribution in [2.24, 2.45) is 11.5 Å². The van der Waals surface area contributed by atoms with E-state index in [9.17, 15) is 4.79 Å². The van der Waals surface area contributed by atoms with Gasteiger partial charge in [0, 0.05) is 12.5 Å². The molecule has 0 aliphatic rings. The van der Waals surface area contributed by atoms with Gasteiger partial charge in [-0.15, -0.1) is 0 Å². The van der Waals surface area contributed by atoms with E-state index < -0.39 is 0 Å². The average molecular weight is 320 g/mol. The monoisotopic (exact) mass is 320 g/mol. The number of amides is 1. The zero-order valence-electron chi connectivity index (χ0n) is 14.4. The molecule has 0 bridgehead atoms. The normalized spacial score (nSPS) is 12.1. The predicted octanol–water partition coefficient (Wildman–Crippen LogP) is 4.08. The number of hydrogen-bond acceptors (Lipinski definition) is 3. The molecule has 4 nitrogen and oxygen atoms in total. The fraction of sp³-hybridized carbons (Fsp3) is 0.632. The third-order valence-electron chi connectivity index (χ3n) is 4.00. The van der Waals surface area contributed by atoms with E-state index in [2.05, 4.69) is 6.92 Å². The summed E-state index contributed by atoms with van der Waals surface area (Å²) in [6, 6.07) is 7.27. The molecule has 0 heterocycles. The first-order chi connectivity index (χ1) is 11.1. The minimum Gasteiger partial charge on any atom is -0.494 e. The molecule has 1 rings (SSSR count). The molecular weight excluding hydrogens is 288 g/mol. The Balaban J connectivity index is 2.12. The highest BCUT2D eigenvalue weighted by Crippen LogP contribution is 2.18. The van der Waals surface area contributed by atoms with Crippen molar-refractivity contribution in [1.29, 1.82) is 0 Å². The molecule has 0 fully saturated rings. The highest BCUT2D eigenvalue weighted by Gasteiger charge is 2.09. The lowest BCUT2D eigenvalue weighted by Gasteiger charge is -2.11. The van der Waals surface area contributed by atoms with Crippen LogP contribution >= 0.6 is 0 Å². The van der Waals surface area contributed by atoms with Crippen molar-refractivity contribution >= 4 is 5.91 Å². The van der Waals surface area contributed by atoms with Gasteiger partial charge in [0.15, 0.2) is 0 Å². The number of nitrogens with two attached hydrogens (primary N) is 2. The Hall–Kier alpha value is -1.55. The van der Waals surface area contributed by atoms with Crippen molar-refractivity contribution in [3.05, 3.63) is 29.8 Å². The lowest BCUT2D eigenvalue weighted by molar-refractivity contribution is -0.118. The van der Waals surface area contributed by atoms with Gasteiger partial charge in [0.25, 0.3) is 0 Å². The Morgan fingerprint density at radius 2 is 1.57 bits per heavy atom. The number of primary amides is 1. The van der Waals surface area contributed by atoms with Crippen LogP contribution in [0.25, 0.3) is 0 Å². The van der Waals surface area contributed by atoms with E-state index in [4.69, 9.17) is 16.2 Å². The number of ether oxygens (including phenoxy) is 1. The molecule has 0 radical (unpaired) electrons. The molecule has 1 aromatic carbocycles. The smallest absolute Gasteiger partial charge is 0.219 e. The Morgan fingerprint density at radius 3 is 2.13 bits per heavy atom. The Kier molecular flexibility index (Phi) is 10.1. The largest absolute Gasteiger partial charge is 0.494 e. The van der Waals surface area contributed by atoms with Crippen LogP contribution in [0.3, 0.4) is 0 Å². The van der Waals surface area contributed by atoms with Gasteiger partial charge in [-0.05, 0) is 24.1 Å². The fourth-order valence-electron chi connectivity index (χ4n) is 2.57. The minimum absolute atomic E-state index is 0.165. The summed E-state index contributed by atoms with van der Waals surface area (Å²) in [4.78, 5) is 10.9. The van der Waals surface area contributed by atoms with Crippen molar-refractivity contribution in [1.82, 2.24) is 0 Å². The third kappa shape index (κ3) is 9.24. The van der Waals surface area contributed by atoms with Gasteiger partial charge in [0.2, 0.25) is 5.91 Å². The standard InChI is InChI=1S/C19H32N2O2/c1-2-3-4-5-6-7-8-9-14-23-17-12-10-16(11-13-17)18(20)15-19(21)22/h10-13,18H,2-9,14-15,20H2,1H3,(H2,21,22). The maximum atomic E-state index is 10.9. The molecule has 4 N–H and O–H groups in total. The van der Waals surface area contributed by atoms with Crippen LogP contribution < -0.4 is 16.2 Å². The van der Waals surface area contributed by atoms with Gasteiger partial charge >= 0.3 is 0 Å². The molecule has 0 aromatic heterocycles. The van der Waals surface area contributed by atoms with E-state index in [0.717, 1.165) is 24.3 Å². The average Bonchev–Trinajstić information content (AvgIpc) is 2.53. The first-order valence-corrected chi connectivity index (χ1v) is 8.90. The van der Waals surface area contributed by atoms with Crippen LogP contribution in [0.4, 0.5) is 0 Å². The molecule has 1 amide bonds. The summed E-state index contributed by atoms with van der Waals surface area (Å²) < 4.78 is 5.73. The lowest BCUT2D eigenvalue weighted by Crippen LogP contribution is -2.20. The van der Waals surface area contributed by atoms with Gasteiger partial charge in [-0.25, -0.2) is 0 Å². The second kappa shape index (κ2) is 11.9. The van der Waals surface area contributed by atoms with Crippen LogP contribution in [-0.2, 0) is 4.79 Å². The highest BCUT2D eigenvalue weighted by molar-refractivity contribution is 5.74. The van der Waals surface area contributed by atoms with E-state index in [1.54, 1.807) is 0 Å². The van der Waals surface area contributed by atoms with E-state index in [0.29, 0.717) is 0 Å². The molecule has 23 heavy (non-hydrogen) atoms. The number of carbonyl (C=O) groups is 1. The maximum Gasteiger partial charge on any atom is 0.219 e. The number of carbonyl (C=O) groups excluding carboxylic acids is 1. The number of benzene rings is 1. The molecule has 1 atom stereocenters. The molecule has 0 saturated carbocycles. The second-order valence-electron chi connectivity index (χ2n) is 6.17. The summed E-state index contributed by atoms with van der Waals surface area (Å²) in [5.41, 5.74) is 12.0. The highest BCUT2D eigenvalue weighted by atomic mass is 16.5. The fourth-order valence-corrected chi connectivity index (χ4v) is 2.57. The van der Waals surface area contributed by atoms with Crippen LogP contribution in [-0.4, -0.2) is 12.5 Å². The Labute approximate surface area is 140 Å². The molecule has 0 saturated heterocycles. The molecular formula is C19H32N2O2. The first kappa shape index (κ1) is 19.5. The summed E-state index contributed by atoms with van der Waals surface area (Å²) in [6.07, 6.45) is 10.5. The SMILES string of the molecule is CCCCCCCCCCOc1ccc(C(N)CC(N)=O)cc1. The Morgan fingerprint density at radius 1 is 1.00 bits per heavy atom. The molecule has 0 aliphatic carbocycles. The van der Waals surface area contributed by atoms with Crippen molar-refractivity contribution < 1.29 is 9.53 Å². The molecule has 0 spiro atoms. The van der Waals surface area contributed by atoms with Gasteiger partial charge in [-0.1, -0.05) is 64.0 Å². The summed E-state index contributed by atoms with van der Waals surface area (Å²) in [5, 5.41) is 0. The van der Waals surface area contributed by atoms with Gasteiger partial charge in [0.1, 0.15) is 5.75 Å². The number of unbranched alkanes of at least 4 members (excludes halogenated alkanes) is 7.